The van der Waals surface area contributed by atoms with Gasteiger partial charge in [-0.3, -0.25) is 14.3 Å². The number of alkyl halides is 3. The topological polar surface area (TPSA) is 92.8 Å². The van der Waals surface area contributed by atoms with Gasteiger partial charge < -0.3 is 19.6 Å². The molecule has 0 bridgehead atoms. The summed E-state index contributed by atoms with van der Waals surface area (Å²) < 4.78 is 43.3. The molecule has 202 valence electrons. The first-order valence-corrected chi connectivity index (χ1v) is 12.1. The molecule has 3 heterocycles. The van der Waals surface area contributed by atoms with Crippen LogP contribution in [0, 0.1) is 0 Å². The first-order chi connectivity index (χ1) is 18.7. The van der Waals surface area contributed by atoms with Gasteiger partial charge in [0.1, 0.15) is 11.4 Å². The van der Waals surface area contributed by atoms with Gasteiger partial charge in [0, 0.05) is 38.1 Å². The van der Waals surface area contributed by atoms with Gasteiger partial charge in [0.05, 0.1) is 18.4 Å². The maximum absolute atomic E-state index is 13.1. The van der Waals surface area contributed by atoms with Gasteiger partial charge in [-0.2, -0.15) is 0 Å². The Balaban J connectivity index is 1.27. The Morgan fingerprint density at radius 1 is 0.949 bits per heavy atom. The predicted octanol–water partition coefficient (Wildman–Crippen LogP) is 3.65. The number of ether oxygens (including phenoxy) is 1. The van der Waals surface area contributed by atoms with Crippen molar-refractivity contribution in [1.82, 2.24) is 19.0 Å². The number of halogens is 3. The second-order valence-electron chi connectivity index (χ2n) is 8.94. The summed E-state index contributed by atoms with van der Waals surface area (Å²) in [5.41, 5.74) is 1.52. The van der Waals surface area contributed by atoms with Crippen LogP contribution in [0.2, 0.25) is 0 Å². The molecule has 5 rings (SSSR count). The summed E-state index contributed by atoms with van der Waals surface area (Å²) in [6.45, 7) is 2.52. The molecule has 1 saturated heterocycles. The highest BCUT2D eigenvalue weighted by atomic mass is 19.4. The number of aromatic nitrogens is 3. The third kappa shape index (κ3) is 5.89. The van der Waals surface area contributed by atoms with E-state index in [1.165, 1.54) is 29.1 Å². The molecule has 1 aliphatic rings. The highest BCUT2D eigenvalue weighted by molar-refractivity contribution is 5.92. The van der Waals surface area contributed by atoms with E-state index in [1.54, 1.807) is 17.0 Å². The average molecular weight is 540 g/mol. The van der Waals surface area contributed by atoms with Crippen molar-refractivity contribution in [2.45, 2.75) is 12.9 Å². The van der Waals surface area contributed by atoms with Crippen LogP contribution in [0.4, 0.5) is 18.9 Å². The normalized spacial score (nSPS) is 13.9. The summed E-state index contributed by atoms with van der Waals surface area (Å²) in [5.74, 6) is -1.06. The number of rotatable bonds is 6. The van der Waals surface area contributed by atoms with Crippen molar-refractivity contribution in [3.05, 3.63) is 101 Å². The van der Waals surface area contributed by atoms with E-state index in [4.69, 9.17) is 0 Å². The second-order valence-corrected chi connectivity index (χ2v) is 8.94. The first-order valence-electron chi connectivity index (χ1n) is 12.1. The van der Waals surface area contributed by atoms with Gasteiger partial charge >= 0.3 is 12.1 Å². The number of imidazole rings is 1. The fraction of sp³-hybridized carbons (Fsp3) is 0.222. The summed E-state index contributed by atoms with van der Waals surface area (Å²) >= 11 is 0. The molecule has 1 N–H and O–H groups in total. The van der Waals surface area contributed by atoms with E-state index in [0.717, 1.165) is 22.4 Å². The molecule has 4 aromatic rings. The Morgan fingerprint density at radius 2 is 1.64 bits per heavy atom. The Hall–Kier alpha value is -4.74. The lowest BCUT2D eigenvalue weighted by Crippen LogP contribution is -2.49. The Labute approximate surface area is 220 Å². The number of piperazine rings is 1. The fourth-order valence-electron chi connectivity index (χ4n) is 4.49. The predicted molar refractivity (Wildman–Crippen MR) is 136 cm³/mol. The summed E-state index contributed by atoms with van der Waals surface area (Å²) in [7, 11) is 0. The van der Waals surface area contributed by atoms with Crippen LogP contribution in [0.1, 0.15) is 16.1 Å². The fourth-order valence-corrected chi connectivity index (χ4v) is 4.49. The van der Waals surface area contributed by atoms with Crippen LogP contribution in [0.5, 0.6) is 11.6 Å². The zero-order valence-electron chi connectivity index (χ0n) is 20.6. The van der Waals surface area contributed by atoms with Crippen LogP contribution in [-0.4, -0.2) is 62.6 Å². The highest BCUT2D eigenvalue weighted by Gasteiger charge is 2.31. The molecule has 0 saturated carbocycles. The number of amides is 1. The number of nitrogens with zero attached hydrogens (tertiary/aromatic N) is 5. The zero-order chi connectivity index (χ0) is 27.6. The highest BCUT2D eigenvalue weighted by Crippen LogP contribution is 2.25. The standard InChI is InChI=1S/C27H24F3N5O4/c28-27(29,30)39-22-8-6-21(7-9-22)35-24(36)18-34(26(35)38)17-19-10-11-31-23(16-19)25(37)33-14-12-32(13-15-33)20-4-2-1-3-5-20/h1-11,16,18,36H,12-15,17H2. The van der Waals surface area contributed by atoms with Crippen molar-refractivity contribution in [2.75, 3.05) is 31.1 Å². The number of para-hydroxylation sites is 1. The lowest BCUT2D eigenvalue weighted by atomic mass is 10.2. The van der Waals surface area contributed by atoms with Crippen LogP contribution < -0.4 is 15.3 Å². The molecule has 0 unspecified atom stereocenters. The number of hydrogen-bond donors (Lipinski definition) is 1. The van der Waals surface area contributed by atoms with Crippen LogP contribution in [0.25, 0.3) is 5.69 Å². The lowest BCUT2D eigenvalue weighted by Gasteiger charge is -2.36. The molecule has 0 spiro atoms. The van der Waals surface area contributed by atoms with E-state index < -0.39 is 23.7 Å². The molecule has 0 radical (unpaired) electrons. The number of benzene rings is 2. The smallest absolute Gasteiger partial charge is 0.493 e. The maximum atomic E-state index is 13.1. The molecule has 1 aliphatic heterocycles. The van der Waals surface area contributed by atoms with E-state index in [0.29, 0.717) is 31.7 Å². The second kappa shape index (κ2) is 10.6. The first kappa shape index (κ1) is 25.9. The number of carbonyl (C=O) groups is 1. The molecular formula is C27H24F3N5O4. The maximum Gasteiger partial charge on any atom is 0.573 e. The van der Waals surface area contributed by atoms with E-state index in [2.05, 4.69) is 14.6 Å². The molecule has 1 fully saturated rings. The van der Waals surface area contributed by atoms with Gasteiger partial charge in [-0.15, -0.1) is 13.2 Å². The van der Waals surface area contributed by atoms with Gasteiger partial charge in [-0.05, 0) is 54.1 Å². The van der Waals surface area contributed by atoms with Crippen molar-refractivity contribution >= 4 is 11.6 Å². The molecular weight excluding hydrogens is 515 g/mol. The summed E-state index contributed by atoms with van der Waals surface area (Å²) in [6.07, 6.45) is -2.14. The summed E-state index contributed by atoms with van der Waals surface area (Å²) in [6, 6.07) is 17.8. The van der Waals surface area contributed by atoms with Crippen molar-refractivity contribution in [3.8, 4) is 17.3 Å². The number of anilines is 1. The SMILES string of the molecule is O=C(c1cc(Cn2cc(O)n(-c3ccc(OC(F)(F)F)cc3)c2=O)ccn1)N1CCN(c2ccccc2)CC1. The minimum atomic E-state index is -4.84. The third-order valence-corrected chi connectivity index (χ3v) is 6.35. The van der Waals surface area contributed by atoms with Crippen LogP contribution in [0.3, 0.4) is 0 Å². The van der Waals surface area contributed by atoms with Crippen molar-refractivity contribution in [1.29, 1.82) is 0 Å². The van der Waals surface area contributed by atoms with Gasteiger partial charge in [0.25, 0.3) is 5.91 Å². The van der Waals surface area contributed by atoms with E-state index in [9.17, 15) is 27.9 Å². The minimum absolute atomic E-state index is 0.0409. The number of hydrogen-bond acceptors (Lipinski definition) is 6. The molecule has 2 aromatic carbocycles. The van der Waals surface area contributed by atoms with Crippen molar-refractivity contribution in [2.24, 2.45) is 0 Å². The van der Waals surface area contributed by atoms with Crippen LogP contribution >= 0.6 is 0 Å². The Bertz CT molecular complexity index is 1510. The minimum Gasteiger partial charge on any atom is -0.493 e. The zero-order valence-corrected chi connectivity index (χ0v) is 20.6. The molecule has 0 atom stereocenters. The molecule has 0 aliphatic carbocycles. The van der Waals surface area contributed by atoms with Crippen molar-refractivity contribution < 1.29 is 27.8 Å². The summed E-state index contributed by atoms with van der Waals surface area (Å²) in [4.78, 5) is 34.3. The van der Waals surface area contributed by atoms with E-state index in [1.807, 2.05) is 30.3 Å². The summed E-state index contributed by atoms with van der Waals surface area (Å²) in [5, 5.41) is 10.4. The average Bonchev–Trinajstić information content (AvgIpc) is 3.20. The Kier molecular flexibility index (Phi) is 7.01. The molecule has 12 heteroatoms. The quantitative estimate of drug-likeness (QED) is 0.402. The van der Waals surface area contributed by atoms with Crippen LogP contribution in [0.15, 0.2) is 83.9 Å². The Morgan fingerprint density at radius 3 is 2.31 bits per heavy atom. The largest absolute Gasteiger partial charge is 0.573 e. The lowest BCUT2D eigenvalue weighted by molar-refractivity contribution is -0.274. The molecule has 9 nitrogen and oxygen atoms in total. The van der Waals surface area contributed by atoms with Crippen LogP contribution in [-0.2, 0) is 6.54 Å². The number of aromatic hydroxyl groups is 1. The van der Waals surface area contributed by atoms with Gasteiger partial charge in [0.15, 0.2) is 0 Å². The van der Waals surface area contributed by atoms with Gasteiger partial charge in [-0.25, -0.2) is 9.36 Å². The van der Waals surface area contributed by atoms with E-state index in [-0.39, 0.29) is 23.8 Å². The monoisotopic (exact) mass is 539 g/mol. The molecule has 39 heavy (non-hydrogen) atoms. The van der Waals surface area contributed by atoms with E-state index >= 15 is 0 Å². The van der Waals surface area contributed by atoms with Gasteiger partial charge in [0.2, 0.25) is 5.88 Å². The molecule has 1 amide bonds. The number of pyridine rings is 1. The van der Waals surface area contributed by atoms with Crippen molar-refractivity contribution in [3.63, 3.8) is 0 Å². The van der Waals surface area contributed by atoms with Gasteiger partial charge in [-0.1, -0.05) is 18.2 Å². The molecule has 2 aromatic heterocycles. The third-order valence-electron chi connectivity index (χ3n) is 6.35. The number of carbonyl (C=O) groups excluding carboxylic acids is 1.